The van der Waals surface area contributed by atoms with Crippen molar-refractivity contribution in [1.29, 1.82) is 0 Å². The number of hydrogen-bond acceptors (Lipinski definition) is 7. The molecule has 0 bridgehead atoms. The van der Waals surface area contributed by atoms with E-state index < -0.39 is 0 Å². The second-order valence-electron chi connectivity index (χ2n) is 7.80. The molecule has 7 nitrogen and oxygen atoms in total. The first-order chi connectivity index (χ1) is 14.9. The fourth-order valence-electron chi connectivity index (χ4n) is 4.00. The molecule has 1 aromatic carbocycles. The number of rotatable bonds is 9. The van der Waals surface area contributed by atoms with Gasteiger partial charge in [0.15, 0.2) is 0 Å². The number of ether oxygens (including phenoxy) is 2. The number of aromatic nitrogens is 3. The number of fused-ring (bicyclic) bond motifs is 1. The van der Waals surface area contributed by atoms with Gasteiger partial charge in [-0.2, -0.15) is 0 Å². The molecule has 0 radical (unpaired) electrons. The number of methoxy groups -OCH3 is 2. The Bertz CT molecular complexity index is 1040. The third kappa shape index (κ3) is 4.71. The van der Waals surface area contributed by atoms with Crippen LogP contribution in [0.3, 0.4) is 0 Å². The van der Waals surface area contributed by atoms with E-state index in [-0.39, 0.29) is 5.95 Å². The summed E-state index contributed by atoms with van der Waals surface area (Å²) in [6, 6.07) is 4.41. The number of nitrogen functional groups attached to an aromatic ring is 1. The number of benzene rings is 1. The van der Waals surface area contributed by atoms with Crippen LogP contribution in [-0.2, 0) is 19.3 Å². The molecule has 0 fully saturated rings. The van der Waals surface area contributed by atoms with E-state index in [4.69, 9.17) is 20.2 Å². The van der Waals surface area contributed by atoms with E-state index >= 15 is 0 Å². The van der Waals surface area contributed by atoms with Crippen LogP contribution in [0.4, 0.5) is 5.95 Å². The highest BCUT2D eigenvalue weighted by Crippen LogP contribution is 2.41. The number of anilines is 1. The lowest BCUT2D eigenvalue weighted by atomic mass is 9.92. The molecule has 166 valence electrons. The standard InChI is InChI=1S/C24H33N5O2/c1-7-16-20(30-5)12-21(31-6)17(8-2)22(16)19-11-15-13-27-24(25)29-23(15)18(28-19)9-10-26-14(3)4/h11-14,26H,7-10H2,1-6H3,(H2,25,27,29). The molecule has 31 heavy (non-hydrogen) atoms. The SMILES string of the molecule is CCc1c(OC)cc(OC)c(CC)c1-c1cc2cnc(N)nc2c(CCNC(C)C)n1. The summed E-state index contributed by atoms with van der Waals surface area (Å²) < 4.78 is 11.4. The van der Waals surface area contributed by atoms with Crippen LogP contribution in [0.2, 0.25) is 0 Å². The van der Waals surface area contributed by atoms with Gasteiger partial charge in [0.25, 0.3) is 0 Å². The quantitative estimate of drug-likeness (QED) is 0.538. The van der Waals surface area contributed by atoms with Crippen LogP contribution < -0.4 is 20.5 Å². The zero-order valence-electron chi connectivity index (χ0n) is 19.4. The molecule has 0 atom stereocenters. The normalized spacial score (nSPS) is 11.3. The van der Waals surface area contributed by atoms with Crippen LogP contribution in [0.25, 0.3) is 22.2 Å². The molecule has 2 aromatic heterocycles. The maximum Gasteiger partial charge on any atom is 0.220 e. The van der Waals surface area contributed by atoms with E-state index in [1.54, 1.807) is 20.4 Å². The molecule has 0 aliphatic heterocycles. The lowest BCUT2D eigenvalue weighted by Crippen LogP contribution is -2.25. The average molecular weight is 424 g/mol. The van der Waals surface area contributed by atoms with Crippen molar-refractivity contribution >= 4 is 16.9 Å². The minimum absolute atomic E-state index is 0.256. The third-order valence-electron chi connectivity index (χ3n) is 5.43. The van der Waals surface area contributed by atoms with Crippen LogP contribution in [0.1, 0.15) is 44.5 Å². The molecule has 0 unspecified atom stereocenters. The van der Waals surface area contributed by atoms with Crippen molar-refractivity contribution in [2.75, 3.05) is 26.5 Å². The Morgan fingerprint density at radius 3 is 2.19 bits per heavy atom. The number of pyridine rings is 1. The topological polar surface area (TPSA) is 95.2 Å². The first-order valence-corrected chi connectivity index (χ1v) is 10.9. The van der Waals surface area contributed by atoms with Gasteiger partial charge >= 0.3 is 0 Å². The van der Waals surface area contributed by atoms with Crippen LogP contribution >= 0.6 is 0 Å². The summed E-state index contributed by atoms with van der Waals surface area (Å²) in [5.74, 6) is 1.88. The van der Waals surface area contributed by atoms with Crippen molar-refractivity contribution in [3.8, 4) is 22.8 Å². The molecule has 3 aromatic rings. The second kappa shape index (κ2) is 9.92. The van der Waals surface area contributed by atoms with E-state index in [2.05, 4.69) is 43.0 Å². The zero-order chi connectivity index (χ0) is 22.5. The summed E-state index contributed by atoms with van der Waals surface area (Å²) >= 11 is 0. The van der Waals surface area contributed by atoms with Gasteiger partial charge in [0, 0.05) is 53.3 Å². The lowest BCUT2D eigenvalue weighted by Gasteiger charge is -2.20. The van der Waals surface area contributed by atoms with Crippen LogP contribution in [0.5, 0.6) is 11.5 Å². The van der Waals surface area contributed by atoms with Gasteiger partial charge in [-0.3, -0.25) is 4.98 Å². The number of nitrogens with one attached hydrogen (secondary N) is 1. The molecule has 0 aliphatic rings. The second-order valence-corrected chi connectivity index (χ2v) is 7.80. The predicted molar refractivity (Wildman–Crippen MR) is 126 cm³/mol. The summed E-state index contributed by atoms with van der Waals surface area (Å²) in [7, 11) is 3.38. The van der Waals surface area contributed by atoms with Crippen molar-refractivity contribution in [3.63, 3.8) is 0 Å². The smallest absolute Gasteiger partial charge is 0.220 e. The highest BCUT2D eigenvalue weighted by Gasteiger charge is 2.21. The molecular formula is C24H33N5O2. The molecule has 0 amide bonds. The number of nitrogens with zero attached hydrogens (tertiary/aromatic N) is 3. The summed E-state index contributed by atoms with van der Waals surface area (Å²) in [5.41, 5.74) is 11.8. The minimum Gasteiger partial charge on any atom is -0.496 e. The Morgan fingerprint density at radius 2 is 1.65 bits per heavy atom. The Kier molecular flexibility index (Phi) is 7.28. The van der Waals surface area contributed by atoms with Gasteiger partial charge in [-0.15, -0.1) is 0 Å². The summed E-state index contributed by atoms with van der Waals surface area (Å²) in [4.78, 5) is 13.8. The summed E-state index contributed by atoms with van der Waals surface area (Å²) in [6.07, 6.45) is 4.15. The molecule has 7 heteroatoms. The van der Waals surface area contributed by atoms with Gasteiger partial charge in [-0.05, 0) is 18.9 Å². The van der Waals surface area contributed by atoms with E-state index in [0.717, 1.165) is 76.3 Å². The zero-order valence-corrected chi connectivity index (χ0v) is 19.4. The predicted octanol–water partition coefficient (Wildman–Crippen LogP) is 3.96. The average Bonchev–Trinajstić information content (AvgIpc) is 2.77. The van der Waals surface area contributed by atoms with E-state index in [9.17, 15) is 0 Å². The van der Waals surface area contributed by atoms with Gasteiger partial charge in [-0.25, -0.2) is 9.97 Å². The molecular weight excluding hydrogens is 390 g/mol. The van der Waals surface area contributed by atoms with Crippen LogP contribution in [0, 0.1) is 0 Å². The molecule has 0 saturated heterocycles. The Balaban J connectivity index is 2.28. The van der Waals surface area contributed by atoms with E-state index in [0.29, 0.717) is 6.04 Å². The maximum absolute atomic E-state index is 5.89. The monoisotopic (exact) mass is 423 g/mol. The van der Waals surface area contributed by atoms with Crippen LogP contribution in [-0.4, -0.2) is 41.8 Å². The van der Waals surface area contributed by atoms with Gasteiger partial charge in [-0.1, -0.05) is 27.7 Å². The Hall–Kier alpha value is -2.93. The van der Waals surface area contributed by atoms with Crippen LogP contribution in [0.15, 0.2) is 18.3 Å². The molecule has 0 saturated carbocycles. The van der Waals surface area contributed by atoms with E-state index in [1.807, 2.05) is 12.1 Å². The van der Waals surface area contributed by atoms with E-state index in [1.165, 1.54) is 0 Å². The third-order valence-corrected chi connectivity index (χ3v) is 5.43. The minimum atomic E-state index is 0.256. The first-order valence-electron chi connectivity index (χ1n) is 10.9. The molecule has 0 spiro atoms. The summed E-state index contributed by atoms with van der Waals surface area (Å²) in [6.45, 7) is 9.32. The molecule has 2 heterocycles. The Labute approximate surface area is 184 Å². The summed E-state index contributed by atoms with van der Waals surface area (Å²) in [5, 5.41) is 4.38. The van der Waals surface area contributed by atoms with Crippen molar-refractivity contribution < 1.29 is 9.47 Å². The van der Waals surface area contributed by atoms with Crippen molar-refractivity contribution in [1.82, 2.24) is 20.3 Å². The van der Waals surface area contributed by atoms with Gasteiger partial charge in [0.05, 0.1) is 31.1 Å². The number of hydrogen-bond donors (Lipinski definition) is 2. The Morgan fingerprint density at radius 1 is 1.00 bits per heavy atom. The largest absolute Gasteiger partial charge is 0.496 e. The highest BCUT2D eigenvalue weighted by molar-refractivity contribution is 5.87. The lowest BCUT2D eigenvalue weighted by molar-refractivity contribution is 0.389. The van der Waals surface area contributed by atoms with Crippen molar-refractivity contribution in [2.24, 2.45) is 0 Å². The fraction of sp³-hybridized carbons (Fsp3) is 0.458. The van der Waals surface area contributed by atoms with Crippen molar-refractivity contribution in [3.05, 3.63) is 35.2 Å². The molecule has 3 N–H and O–H groups in total. The molecule has 0 aliphatic carbocycles. The molecule has 3 rings (SSSR count). The van der Waals surface area contributed by atoms with Gasteiger partial charge < -0.3 is 20.5 Å². The highest BCUT2D eigenvalue weighted by atomic mass is 16.5. The van der Waals surface area contributed by atoms with Gasteiger partial charge in [0.2, 0.25) is 5.95 Å². The maximum atomic E-state index is 5.89. The van der Waals surface area contributed by atoms with Crippen molar-refractivity contribution in [2.45, 2.75) is 53.0 Å². The van der Waals surface area contributed by atoms with Gasteiger partial charge in [0.1, 0.15) is 11.5 Å². The first kappa shape index (κ1) is 22.7. The number of nitrogens with two attached hydrogens (primary N) is 1. The fourth-order valence-corrected chi connectivity index (χ4v) is 4.00.